The summed E-state index contributed by atoms with van der Waals surface area (Å²) in [5, 5.41) is 19.7. The number of hydrogen-bond acceptors (Lipinski definition) is 5. The van der Waals surface area contributed by atoms with Gasteiger partial charge >= 0.3 is 15.8 Å². The molecule has 7 heteroatoms. The standard InChI is InChI=1S/C16H10N2O4S/c17-18-14-10-15(12-8-4-5-9-13(12)16(14)19)22-23(20,21)11-6-2-1-3-7-11/h1-10H/p+1. The Labute approximate surface area is 132 Å². The number of fused-ring (bicyclic) bond motifs is 1. The van der Waals surface area contributed by atoms with Crippen molar-refractivity contribution in [2.24, 2.45) is 0 Å². The third kappa shape index (κ3) is 2.67. The van der Waals surface area contributed by atoms with Crippen molar-refractivity contribution < 1.29 is 17.7 Å². The molecule has 0 aliphatic carbocycles. The molecule has 0 unspecified atom stereocenters. The maximum Gasteiger partial charge on any atom is 0.430 e. The number of phenols is 1. The lowest BCUT2D eigenvalue weighted by atomic mass is 10.1. The highest BCUT2D eigenvalue weighted by molar-refractivity contribution is 7.87. The van der Waals surface area contributed by atoms with Crippen LogP contribution in [0.4, 0.5) is 5.69 Å². The minimum absolute atomic E-state index is 0.000330. The van der Waals surface area contributed by atoms with Gasteiger partial charge in [-0.3, -0.25) is 0 Å². The van der Waals surface area contributed by atoms with Crippen LogP contribution in [0.3, 0.4) is 0 Å². The first-order valence-corrected chi connectivity index (χ1v) is 8.03. The lowest BCUT2D eigenvalue weighted by Crippen LogP contribution is -2.09. The fraction of sp³-hybridized carbons (Fsp3) is 0. The molecule has 23 heavy (non-hydrogen) atoms. The first kappa shape index (κ1) is 14.8. The summed E-state index contributed by atoms with van der Waals surface area (Å²) in [6.45, 7) is 0. The highest BCUT2D eigenvalue weighted by Crippen LogP contribution is 2.41. The maximum atomic E-state index is 12.4. The first-order chi connectivity index (χ1) is 11.0. The van der Waals surface area contributed by atoms with Crippen molar-refractivity contribution in [2.75, 3.05) is 0 Å². The van der Waals surface area contributed by atoms with Crippen LogP contribution < -0.4 is 4.18 Å². The Morgan fingerprint density at radius 3 is 2.22 bits per heavy atom. The molecule has 0 saturated carbocycles. The van der Waals surface area contributed by atoms with E-state index in [1.54, 1.807) is 42.5 Å². The predicted octanol–water partition coefficient (Wildman–Crippen LogP) is 3.80. The lowest BCUT2D eigenvalue weighted by Gasteiger charge is -2.09. The number of diazo groups is 1. The number of benzene rings is 3. The monoisotopic (exact) mass is 327 g/mol. The SMILES string of the molecule is N#[N+]c1cc(OS(=O)(=O)c2ccccc2)c2ccccc2c1O. The summed E-state index contributed by atoms with van der Waals surface area (Å²) < 4.78 is 29.9. The van der Waals surface area contributed by atoms with Gasteiger partial charge in [-0.25, -0.2) is 0 Å². The summed E-state index contributed by atoms with van der Waals surface area (Å²) in [5.41, 5.74) is -0.179. The van der Waals surface area contributed by atoms with Crippen molar-refractivity contribution in [1.29, 1.82) is 5.39 Å². The van der Waals surface area contributed by atoms with Gasteiger partial charge in [-0.05, 0) is 12.1 Å². The van der Waals surface area contributed by atoms with Gasteiger partial charge in [0.2, 0.25) is 11.1 Å². The minimum atomic E-state index is -4.05. The average Bonchev–Trinajstić information content (AvgIpc) is 2.58. The second-order valence-electron chi connectivity index (χ2n) is 4.74. The highest BCUT2D eigenvalue weighted by Gasteiger charge is 2.24. The van der Waals surface area contributed by atoms with Crippen LogP contribution in [0.5, 0.6) is 11.5 Å². The van der Waals surface area contributed by atoms with Gasteiger partial charge in [0.05, 0.1) is 6.07 Å². The quantitative estimate of drug-likeness (QED) is 0.583. The van der Waals surface area contributed by atoms with Crippen LogP contribution in [0.15, 0.2) is 65.6 Å². The summed E-state index contributed by atoms with van der Waals surface area (Å²) in [4.78, 5) is 2.96. The molecule has 6 nitrogen and oxygen atoms in total. The fourth-order valence-electron chi connectivity index (χ4n) is 2.21. The first-order valence-electron chi connectivity index (χ1n) is 6.62. The van der Waals surface area contributed by atoms with Gasteiger partial charge in [-0.15, -0.1) is 0 Å². The fourth-order valence-corrected chi connectivity index (χ4v) is 3.17. The van der Waals surface area contributed by atoms with Crippen molar-refractivity contribution in [3.8, 4) is 11.5 Å². The smallest absolute Gasteiger partial charge is 0.430 e. The van der Waals surface area contributed by atoms with E-state index in [1.807, 2.05) is 0 Å². The van der Waals surface area contributed by atoms with E-state index < -0.39 is 10.1 Å². The van der Waals surface area contributed by atoms with Gasteiger partial charge in [-0.1, -0.05) is 42.5 Å². The molecule has 114 valence electrons. The number of hydrogen-bond donors (Lipinski definition) is 1. The Morgan fingerprint density at radius 2 is 1.57 bits per heavy atom. The Balaban J connectivity index is 2.18. The van der Waals surface area contributed by atoms with Crippen LogP contribution in [0.2, 0.25) is 0 Å². The van der Waals surface area contributed by atoms with E-state index in [0.29, 0.717) is 10.8 Å². The lowest BCUT2D eigenvalue weighted by molar-refractivity contribution is 0.478. The Hall–Kier alpha value is -3.11. The molecule has 0 spiro atoms. The molecule has 0 radical (unpaired) electrons. The van der Waals surface area contributed by atoms with Gasteiger partial charge in [0.1, 0.15) is 4.90 Å². The molecule has 0 amide bonds. The third-order valence-electron chi connectivity index (χ3n) is 3.30. The van der Waals surface area contributed by atoms with E-state index in [2.05, 4.69) is 4.98 Å². The number of nitrogens with zero attached hydrogens (tertiary/aromatic N) is 2. The molecule has 0 aliphatic rings. The number of phenolic OH excluding ortho intramolecular Hbond substituents is 1. The molecule has 0 heterocycles. The van der Waals surface area contributed by atoms with Crippen LogP contribution in [0.25, 0.3) is 15.7 Å². The predicted molar refractivity (Wildman–Crippen MR) is 84.6 cm³/mol. The molecule has 3 aromatic carbocycles. The molecule has 0 aliphatic heterocycles. The highest BCUT2D eigenvalue weighted by atomic mass is 32.2. The van der Waals surface area contributed by atoms with Crippen molar-refractivity contribution in [1.82, 2.24) is 0 Å². The summed E-state index contributed by atoms with van der Waals surface area (Å²) >= 11 is 0. The summed E-state index contributed by atoms with van der Waals surface area (Å²) in [5.74, 6) is -0.289. The normalized spacial score (nSPS) is 11.1. The van der Waals surface area contributed by atoms with E-state index in [4.69, 9.17) is 9.58 Å². The third-order valence-corrected chi connectivity index (χ3v) is 4.55. The van der Waals surface area contributed by atoms with Crippen molar-refractivity contribution >= 4 is 26.6 Å². The number of rotatable bonds is 3. The van der Waals surface area contributed by atoms with E-state index in [1.165, 1.54) is 12.1 Å². The number of aromatic hydroxyl groups is 1. The van der Waals surface area contributed by atoms with Gasteiger partial charge in [0, 0.05) is 10.8 Å². The molecule has 1 N–H and O–H groups in total. The topological polar surface area (TPSA) is 91.8 Å². The summed E-state index contributed by atoms with van der Waals surface area (Å²) in [7, 11) is -4.05. The van der Waals surface area contributed by atoms with Crippen molar-refractivity contribution in [3.05, 3.63) is 65.6 Å². The van der Waals surface area contributed by atoms with Crippen molar-refractivity contribution in [3.63, 3.8) is 0 Å². The minimum Gasteiger partial charge on any atom is -0.501 e. The Morgan fingerprint density at radius 1 is 0.957 bits per heavy atom. The molecule has 0 atom stereocenters. The molecule has 3 rings (SSSR count). The molecular formula is C16H11N2O4S+. The van der Waals surface area contributed by atoms with Crippen LogP contribution in [0.1, 0.15) is 0 Å². The Kier molecular flexibility index (Phi) is 3.60. The molecule has 0 bridgehead atoms. The Bertz CT molecular complexity index is 1030. The molecule has 3 aromatic rings. The van der Waals surface area contributed by atoms with E-state index >= 15 is 0 Å². The van der Waals surface area contributed by atoms with E-state index in [9.17, 15) is 13.5 Å². The van der Waals surface area contributed by atoms with Crippen molar-refractivity contribution in [2.45, 2.75) is 4.90 Å². The zero-order chi connectivity index (χ0) is 16.4. The van der Waals surface area contributed by atoms with Crippen LogP contribution in [-0.4, -0.2) is 13.5 Å². The molecule has 0 aromatic heterocycles. The summed E-state index contributed by atoms with van der Waals surface area (Å²) in [6.07, 6.45) is 0. The molecular weight excluding hydrogens is 316 g/mol. The zero-order valence-corrected chi connectivity index (χ0v) is 12.6. The maximum absolute atomic E-state index is 12.4. The van der Waals surface area contributed by atoms with Crippen LogP contribution in [-0.2, 0) is 10.1 Å². The van der Waals surface area contributed by atoms with Gasteiger partial charge in [-0.2, -0.15) is 8.42 Å². The molecule has 0 saturated heterocycles. The molecule has 0 fully saturated rings. The van der Waals surface area contributed by atoms with Gasteiger partial charge < -0.3 is 9.29 Å². The van der Waals surface area contributed by atoms with Crippen LogP contribution >= 0.6 is 0 Å². The van der Waals surface area contributed by atoms with Gasteiger partial charge in [0.25, 0.3) is 0 Å². The second kappa shape index (κ2) is 5.59. The second-order valence-corrected chi connectivity index (χ2v) is 6.28. The van der Waals surface area contributed by atoms with Crippen LogP contribution in [0, 0.1) is 5.39 Å². The van der Waals surface area contributed by atoms with E-state index in [0.717, 1.165) is 6.07 Å². The zero-order valence-electron chi connectivity index (χ0n) is 11.7. The summed E-state index contributed by atoms with van der Waals surface area (Å²) in [6, 6.07) is 15.4. The van der Waals surface area contributed by atoms with Gasteiger partial charge in [0.15, 0.2) is 10.7 Å². The average molecular weight is 327 g/mol. The van der Waals surface area contributed by atoms with E-state index in [-0.39, 0.29) is 22.1 Å². The largest absolute Gasteiger partial charge is 0.501 e.